The van der Waals surface area contributed by atoms with E-state index in [-0.39, 0.29) is 51.4 Å². The van der Waals surface area contributed by atoms with Crippen LogP contribution in [-0.2, 0) is 0 Å². The maximum atomic E-state index is 9.75. The van der Waals surface area contributed by atoms with Gasteiger partial charge in [-0.3, -0.25) is 0 Å². The first-order valence-electron chi connectivity index (χ1n) is 3.60. The van der Waals surface area contributed by atoms with Gasteiger partial charge in [-0.2, -0.15) is 0 Å². The minimum absolute atomic E-state index is 0. The van der Waals surface area contributed by atoms with Crippen LogP contribution in [0.15, 0.2) is 12.7 Å². The van der Waals surface area contributed by atoms with Crippen molar-refractivity contribution in [2.75, 3.05) is 0 Å². The topological polar surface area (TPSA) is 0 Å². The van der Waals surface area contributed by atoms with E-state index >= 15 is 0 Å². The zero-order valence-corrected chi connectivity index (χ0v) is 12.7. The van der Waals surface area contributed by atoms with E-state index in [4.69, 9.17) is 0 Å². The largest absolute Gasteiger partial charge is 1.00 e. The molecule has 0 aliphatic carbocycles. The summed E-state index contributed by atoms with van der Waals surface area (Å²) in [6, 6.07) is 0. The predicted molar refractivity (Wildman–Crippen MR) is 46.4 cm³/mol. The van der Waals surface area contributed by atoms with Gasteiger partial charge in [-0.25, -0.2) is 0 Å². The Morgan fingerprint density at radius 1 is 0.579 bits per heavy atom. The number of halogens is 12. The Morgan fingerprint density at radius 3 is 0.579 bits per heavy atom. The molecular weight excluding hydrogens is 336 g/mol. The van der Waals surface area contributed by atoms with Crippen molar-refractivity contribution in [3.05, 3.63) is 12.7 Å². The first-order chi connectivity index (χ1) is 7.41. The van der Waals surface area contributed by atoms with Gasteiger partial charge < -0.3 is 51.8 Å². The molecule has 0 fully saturated rings. The molecule has 114 valence electrons. The third-order valence-electron chi connectivity index (χ3n) is 0. The summed E-state index contributed by atoms with van der Waals surface area (Å²) in [6.07, 6.45) is 1.75. The van der Waals surface area contributed by atoms with Crippen molar-refractivity contribution in [3.8, 4) is 0 Å². The Kier molecular flexibility index (Phi) is 25.4. The van der Waals surface area contributed by atoms with Crippen LogP contribution >= 0.6 is 0 Å². The Labute approximate surface area is 143 Å². The molecule has 0 aromatic rings. The van der Waals surface area contributed by atoms with Gasteiger partial charge in [-0.15, -0.1) is 6.58 Å². The predicted octanol–water partition coefficient (Wildman–Crippen LogP) is 2.10. The normalized spacial score (nSPS) is 10.2. The number of hydrogen-bond acceptors (Lipinski definition) is 0. The molecule has 0 bridgehead atoms. The molecule has 16 heteroatoms. The summed E-state index contributed by atoms with van der Waals surface area (Å²) in [5.74, 6) is 0. The fourth-order valence-corrected chi connectivity index (χ4v) is 0. The summed E-state index contributed by atoms with van der Waals surface area (Å²) >= 11 is 0. The number of allylic oxidation sites excluding steroid dienone is 1. The van der Waals surface area contributed by atoms with Crippen molar-refractivity contribution >= 4 is 21.8 Å². The van der Waals surface area contributed by atoms with Gasteiger partial charge in [-0.1, -0.05) is 6.08 Å². The zero-order chi connectivity index (χ0) is 16.2. The summed E-state index contributed by atoms with van der Waals surface area (Å²) in [7, 11) is -18.0. The molecule has 0 heterocycles. The van der Waals surface area contributed by atoms with Crippen LogP contribution in [0, 0.1) is 0 Å². The summed E-state index contributed by atoms with van der Waals surface area (Å²) in [5.41, 5.74) is 0. The van der Waals surface area contributed by atoms with Crippen LogP contribution in [0.3, 0.4) is 0 Å². The molecule has 0 atom stereocenters. The maximum absolute atomic E-state index is 9.75. The summed E-state index contributed by atoms with van der Waals surface area (Å²) in [5, 5.41) is 0. The van der Waals surface area contributed by atoms with Crippen LogP contribution in [0.1, 0.15) is 6.92 Å². The molecule has 0 saturated heterocycles. The van der Waals surface area contributed by atoms with E-state index in [1.165, 1.54) is 0 Å². The summed E-state index contributed by atoms with van der Waals surface area (Å²) in [6.45, 7) is 5.25. The van der Waals surface area contributed by atoms with Crippen LogP contribution in [0.25, 0.3) is 0 Å². The van der Waals surface area contributed by atoms with E-state index in [1.807, 2.05) is 6.92 Å². The molecule has 0 aromatic carbocycles. The molecule has 0 aliphatic rings. The van der Waals surface area contributed by atoms with Gasteiger partial charge in [0, 0.05) is 0 Å². The summed E-state index contributed by atoms with van der Waals surface area (Å²) < 4.78 is 117. The molecule has 0 radical (unpaired) electrons. The Hall–Kier alpha value is 0.731. The van der Waals surface area contributed by atoms with Crippen LogP contribution in [0.2, 0.25) is 0 Å². The van der Waals surface area contributed by atoms with Crippen molar-refractivity contribution in [1.82, 2.24) is 0 Å². The second kappa shape index (κ2) is 15.1. The first-order valence-corrected chi connectivity index (χ1v) is 3.60. The van der Waals surface area contributed by atoms with Gasteiger partial charge >= 0.3 is 73.1 Å². The Morgan fingerprint density at radius 2 is 0.579 bits per heavy atom. The van der Waals surface area contributed by atoms with Crippen molar-refractivity contribution in [2.45, 2.75) is 6.92 Å². The molecule has 0 aromatic heterocycles. The first kappa shape index (κ1) is 31.9. The van der Waals surface area contributed by atoms with E-state index in [0.29, 0.717) is 0 Å². The molecule has 0 saturated carbocycles. The van der Waals surface area contributed by atoms with Crippen LogP contribution in [0.5, 0.6) is 0 Å². The maximum Gasteiger partial charge on any atom is 1.00 e. The van der Waals surface area contributed by atoms with Crippen molar-refractivity contribution < 1.29 is 103 Å². The van der Waals surface area contributed by atoms with Crippen LogP contribution < -0.4 is 51.4 Å². The standard InChI is InChI=1S/C3H6.3BF4.K/c1-3-2;3*2-1(3,4)5;/h3H,1H2,2H3;;;;/q;3*-1;+1. The second-order valence-electron chi connectivity index (χ2n) is 1.89. The molecule has 0 aliphatic heterocycles. The molecule has 0 N–H and O–H groups in total. The molecule has 0 nitrogen and oxygen atoms in total. The van der Waals surface area contributed by atoms with E-state index in [1.54, 1.807) is 6.08 Å². The van der Waals surface area contributed by atoms with Gasteiger partial charge in [0.25, 0.3) is 0 Å². The fraction of sp³-hybridized carbons (Fsp3) is 0.333. The van der Waals surface area contributed by atoms with Gasteiger partial charge in [0.1, 0.15) is 0 Å². The van der Waals surface area contributed by atoms with E-state index < -0.39 is 21.8 Å². The minimum atomic E-state index is -6.00. The van der Waals surface area contributed by atoms with E-state index in [2.05, 4.69) is 6.58 Å². The number of hydrogen-bond donors (Lipinski definition) is 0. The molecule has 19 heavy (non-hydrogen) atoms. The third kappa shape index (κ3) is 9810. The average molecular weight is 342 g/mol. The SMILES string of the molecule is C=CC.F[B-](F)(F)F.F[B-](F)(F)F.F[B-](F)(F)F.[K+]. The monoisotopic (exact) mass is 342 g/mol. The Balaban J connectivity index is -0.0000000458. The molecule has 0 amide bonds. The van der Waals surface area contributed by atoms with Gasteiger partial charge in [-0.05, 0) is 6.92 Å². The van der Waals surface area contributed by atoms with Crippen LogP contribution in [0.4, 0.5) is 51.8 Å². The molecule has 0 spiro atoms. The van der Waals surface area contributed by atoms with Crippen molar-refractivity contribution in [3.63, 3.8) is 0 Å². The third-order valence-corrected chi connectivity index (χ3v) is 0. The van der Waals surface area contributed by atoms with E-state index in [9.17, 15) is 51.8 Å². The molecule has 0 rings (SSSR count). The number of rotatable bonds is 0. The molecule has 0 unspecified atom stereocenters. The van der Waals surface area contributed by atoms with Gasteiger partial charge in [0.15, 0.2) is 0 Å². The van der Waals surface area contributed by atoms with Crippen molar-refractivity contribution in [2.24, 2.45) is 0 Å². The fourth-order valence-electron chi connectivity index (χ4n) is 0. The molecular formula is C3H6B3F12K-2. The van der Waals surface area contributed by atoms with Crippen LogP contribution in [-0.4, -0.2) is 21.8 Å². The zero-order valence-electron chi connectivity index (χ0n) is 9.55. The average Bonchev–Trinajstić information content (AvgIpc) is 1.71. The smallest absolute Gasteiger partial charge is 0.418 e. The quantitative estimate of drug-likeness (QED) is 0.360. The summed E-state index contributed by atoms with van der Waals surface area (Å²) in [4.78, 5) is 0. The van der Waals surface area contributed by atoms with E-state index in [0.717, 1.165) is 0 Å². The van der Waals surface area contributed by atoms with Gasteiger partial charge in [0.05, 0.1) is 0 Å². The van der Waals surface area contributed by atoms with Gasteiger partial charge in [0.2, 0.25) is 0 Å². The minimum Gasteiger partial charge on any atom is -0.418 e. The second-order valence-corrected chi connectivity index (χ2v) is 1.89. The Bertz CT molecular complexity index is 136. The van der Waals surface area contributed by atoms with Crippen molar-refractivity contribution in [1.29, 1.82) is 0 Å².